The van der Waals surface area contributed by atoms with Gasteiger partial charge in [0.25, 0.3) is 0 Å². The number of hydrogen-bond donors (Lipinski definition) is 2. The smallest absolute Gasteiger partial charge is 0.0312 e. The molecule has 1 fully saturated rings. The normalized spacial score (nSPS) is 22.1. The van der Waals surface area contributed by atoms with Crippen molar-refractivity contribution in [2.45, 2.75) is 44.3 Å². The van der Waals surface area contributed by atoms with Crippen molar-refractivity contribution in [1.29, 1.82) is 0 Å². The summed E-state index contributed by atoms with van der Waals surface area (Å²) in [6.45, 7) is 0.924. The Balaban J connectivity index is 0. The van der Waals surface area contributed by atoms with Crippen LogP contribution in [0.5, 0.6) is 0 Å². The Labute approximate surface area is 128 Å². The lowest BCUT2D eigenvalue weighted by Gasteiger charge is -2.26. The van der Waals surface area contributed by atoms with Crippen LogP contribution in [0.1, 0.15) is 31.2 Å². The van der Waals surface area contributed by atoms with Crippen LogP contribution in [0, 0.1) is 0 Å². The fraction of sp³-hybridized carbons (Fsp3) is 0.583. The van der Waals surface area contributed by atoms with Gasteiger partial charge in [-0.1, -0.05) is 6.07 Å². The number of pyridine rings is 1. The topological polar surface area (TPSA) is 50.9 Å². The van der Waals surface area contributed by atoms with Crippen LogP contribution < -0.4 is 11.1 Å². The largest absolute Gasteiger partial charge is 0.328 e. The molecule has 1 aliphatic rings. The van der Waals surface area contributed by atoms with E-state index in [-0.39, 0.29) is 37.2 Å². The summed E-state index contributed by atoms with van der Waals surface area (Å²) in [5.41, 5.74) is 7.12. The Bertz CT molecular complexity index is 290. The van der Waals surface area contributed by atoms with Gasteiger partial charge in [0, 0.05) is 31.0 Å². The van der Waals surface area contributed by atoms with Gasteiger partial charge in [0.1, 0.15) is 0 Å². The van der Waals surface area contributed by atoms with E-state index in [1.807, 2.05) is 18.5 Å². The molecule has 1 heterocycles. The van der Waals surface area contributed by atoms with Crippen molar-refractivity contribution in [2.24, 2.45) is 5.73 Å². The van der Waals surface area contributed by atoms with Crippen LogP contribution in [0.15, 0.2) is 24.5 Å². The van der Waals surface area contributed by atoms with E-state index in [0.717, 1.165) is 19.4 Å². The zero-order valence-electron chi connectivity index (χ0n) is 10.2. The summed E-state index contributed by atoms with van der Waals surface area (Å²) in [5, 5.41) is 3.56. The Morgan fingerprint density at radius 3 is 2.39 bits per heavy atom. The van der Waals surface area contributed by atoms with Gasteiger partial charge in [0.05, 0.1) is 0 Å². The standard InChI is InChI=1S/C12H19N3.3ClH/c13-11-3-5-12(6-4-11)15-9-10-2-1-7-14-8-10;;;/h1-2,7-8,11-12,15H,3-6,9,13H2;3*1H. The van der Waals surface area contributed by atoms with Crippen molar-refractivity contribution in [3.8, 4) is 0 Å². The number of aromatic nitrogens is 1. The molecule has 1 aliphatic carbocycles. The highest BCUT2D eigenvalue weighted by Gasteiger charge is 2.17. The molecular weight excluding hydrogens is 293 g/mol. The van der Waals surface area contributed by atoms with Crippen LogP contribution in [0.4, 0.5) is 0 Å². The number of nitrogens with zero attached hydrogens (tertiary/aromatic N) is 1. The maximum atomic E-state index is 5.87. The van der Waals surface area contributed by atoms with Crippen molar-refractivity contribution in [3.63, 3.8) is 0 Å². The summed E-state index contributed by atoms with van der Waals surface area (Å²) < 4.78 is 0. The van der Waals surface area contributed by atoms with Crippen LogP contribution in [0.2, 0.25) is 0 Å². The summed E-state index contributed by atoms with van der Waals surface area (Å²) in [5.74, 6) is 0. The monoisotopic (exact) mass is 313 g/mol. The Kier molecular flexibility index (Phi) is 12.2. The van der Waals surface area contributed by atoms with Crippen LogP contribution >= 0.6 is 37.2 Å². The third-order valence-corrected chi connectivity index (χ3v) is 3.09. The molecule has 0 saturated heterocycles. The maximum absolute atomic E-state index is 5.87. The van der Waals surface area contributed by atoms with E-state index in [2.05, 4.69) is 16.4 Å². The van der Waals surface area contributed by atoms with Gasteiger partial charge in [-0.25, -0.2) is 0 Å². The van der Waals surface area contributed by atoms with Gasteiger partial charge in [-0.3, -0.25) is 4.98 Å². The molecule has 0 unspecified atom stereocenters. The van der Waals surface area contributed by atoms with E-state index in [1.165, 1.54) is 18.4 Å². The quantitative estimate of drug-likeness (QED) is 0.902. The average molecular weight is 315 g/mol. The molecule has 0 radical (unpaired) electrons. The van der Waals surface area contributed by atoms with E-state index < -0.39 is 0 Å². The highest BCUT2D eigenvalue weighted by Crippen LogP contribution is 2.17. The third kappa shape index (κ3) is 6.76. The second-order valence-corrected chi connectivity index (χ2v) is 4.35. The molecule has 3 N–H and O–H groups in total. The maximum Gasteiger partial charge on any atom is 0.0312 e. The molecule has 1 saturated carbocycles. The van der Waals surface area contributed by atoms with E-state index >= 15 is 0 Å². The van der Waals surface area contributed by atoms with Crippen LogP contribution in [0.3, 0.4) is 0 Å². The molecule has 0 aliphatic heterocycles. The summed E-state index contributed by atoms with van der Waals surface area (Å²) in [6.07, 6.45) is 8.46. The summed E-state index contributed by atoms with van der Waals surface area (Å²) in [7, 11) is 0. The fourth-order valence-electron chi connectivity index (χ4n) is 2.09. The Morgan fingerprint density at radius 2 is 1.83 bits per heavy atom. The minimum absolute atomic E-state index is 0. The lowest BCUT2D eigenvalue weighted by molar-refractivity contribution is 0.341. The first-order valence-corrected chi connectivity index (χ1v) is 5.72. The SMILES string of the molecule is Cl.Cl.Cl.NC1CCC(NCc2cccnc2)CC1. The van der Waals surface area contributed by atoms with Crippen molar-refractivity contribution in [2.75, 3.05) is 0 Å². The zero-order valence-corrected chi connectivity index (χ0v) is 12.7. The molecule has 0 amide bonds. The van der Waals surface area contributed by atoms with Gasteiger partial charge in [0.15, 0.2) is 0 Å². The highest BCUT2D eigenvalue weighted by molar-refractivity contribution is 5.86. The zero-order chi connectivity index (χ0) is 10.5. The number of hydrogen-bond acceptors (Lipinski definition) is 3. The second kappa shape index (κ2) is 10.8. The average Bonchev–Trinajstić information content (AvgIpc) is 2.30. The van der Waals surface area contributed by atoms with Crippen LogP contribution in [-0.4, -0.2) is 17.1 Å². The predicted molar refractivity (Wildman–Crippen MR) is 83.1 cm³/mol. The highest BCUT2D eigenvalue weighted by atomic mass is 35.5. The molecule has 0 spiro atoms. The van der Waals surface area contributed by atoms with Gasteiger partial charge >= 0.3 is 0 Å². The van der Waals surface area contributed by atoms with Crippen LogP contribution in [-0.2, 0) is 6.54 Å². The third-order valence-electron chi connectivity index (χ3n) is 3.09. The molecule has 2 rings (SSSR count). The minimum atomic E-state index is 0. The van der Waals surface area contributed by atoms with E-state index in [0.29, 0.717) is 12.1 Å². The number of nitrogens with two attached hydrogens (primary N) is 1. The van der Waals surface area contributed by atoms with Gasteiger partial charge in [-0.05, 0) is 37.3 Å². The molecule has 6 heteroatoms. The first-order valence-electron chi connectivity index (χ1n) is 5.72. The fourth-order valence-corrected chi connectivity index (χ4v) is 2.09. The Hall–Kier alpha value is -0.0600. The van der Waals surface area contributed by atoms with E-state index in [9.17, 15) is 0 Å². The minimum Gasteiger partial charge on any atom is -0.328 e. The van der Waals surface area contributed by atoms with Gasteiger partial charge in [0.2, 0.25) is 0 Å². The lowest BCUT2D eigenvalue weighted by atomic mass is 9.92. The van der Waals surface area contributed by atoms with Gasteiger partial charge in [-0.2, -0.15) is 0 Å². The van der Waals surface area contributed by atoms with E-state index in [1.54, 1.807) is 0 Å². The van der Waals surface area contributed by atoms with Crippen molar-refractivity contribution >= 4 is 37.2 Å². The van der Waals surface area contributed by atoms with Gasteiger partial charge in [-0.15, -0.1) is 37.2 Å². The Morgan fingerprint density at radius 1 is 1.17 bits per heavy atom. The van der Waals surface area contributed by atoms with Crippen molar-refractivity contribution < 1.29 is 0 Å². The lowest BCUT2D eigenvalue weighted by Crippen LogP contribution is -2.37. The van der Waals surface area contributed by atoms with Gasteiger partial charge < -0.3 is 11.1 Å². The molecule has 3 nitrogen and oxygen atoms in total. The molecule has 1 aromatic rings. The van der Waals surface area contributed by atoms with Crippen molar-refractivity contribution in [1.82, 2.24) is 10.3 Å². The molecule has 0 bridgehead atoms. The predicted octanol–water partition coefficient (Wildman–Crippen LogP) is 2.71. The molecular formula is C12H22Cl3N3. The number of nitrogens with one attached hydrogen (secondary N) is 1. The molecule has 106 valence electrons. The molecule has 18 heavy (non-hydrogen) atoms. The summed E-state index contributed by atoms with van der Waals surface area (Å²) in [6, 6.07) is 5.16. The molecule has 1 aromatic heterocycles. The first-order chi connectivity index (χ1) is 7.34. The molecule has 0 atom stereocenters. The first kappa shape index (κ1) is 20.3. The summed E-state index contributed by atoms with van der Waals surface area (Å²) >= 11 is 0. The van der Waals surface area contributed by atoms with Crippen LogP contribution in [0.25, 0.3) is 0 Å². The molecule has 0 aromatic carbocycles. The van der Waals surface area contributed by atoms with Crippen molar-refractivity contribution in [3.05, 3.63) is 30.1 Å². The van der Waals surface area contributed by atoms with E-state index in [4.69, 9.17) is 5.73 Å². The second-order valence-electron chi connectivity index (χ2n) is 4.35. The number of halogens is 3. The number of rotatable bonds is 3. The summed E-state index contributed by atoms with van der Waals surface area (Å²) in [4.78, 5) is 4.10.